The lowest BCUT2D eigenvalue weighted by Gasteiger charge is -2.37. The molecule has 118 valence electrons. The Balaban J connectivity index is 2.14. The quantitative estimate of drug-likeness (QED) is 0.818. The van der Waals surface area contributed by atoms with Crippen molar-refractivity contribution >= 4 is 20.1 Å². The maximum atomic E-state index is 12.2. The van der Waals surface area contributed by atoms with E-state index in [0.29, 0.717) is 6.54 Å². The largest absolute Gasteiger partial charge is 0.416 e. The molecule has 2 atom stereocenters. The second kappa shape index (κ2) is 5.32. The zero-order chi connectivity index (χ0) is 16.1. The van der Waals surface area contributed by atoms with Gasteiger partial charge in [-0.3, -0.25) is 9.78 Å². The molecule has 0 saturated heterocycles. The Kier molecular flexibility index (Phi) is 3.73. The van der Waals surface area contributed by atoms with Gasteiger partial charge in [0.2, 0.25) is 0 Å². The summed E-state index contributed by atoms with van der Waals surface area (Å²) in [6.45, 7) is 11.8. The maximum absolute atomic E-state index is 12.2. The standard InChI is InChI=1S/C17H24N2O2Si/c1-17(2,3)16(21-22(4)5)12-10-19-14(20)7-6-13-15(19)11(12)8-9-18-13/h6-9,12,16,22H,10H2,1-5H3. The first kappa shape index (κ1) is 15.4. The average Bonchev–Trinajstić information content (AvgIpc) is 2.80. The molecule has 0 amide bonds. The van der Waals surface area contributed by atoms with Gasteiger partial charge in [-0.2, -0.15) is 0 Å². The van der Waals surface area contributed by atoms with Crippen LogP contribution in [0.15, 0.2) is 29.2 Å². The molecule has 2 aromatic rings. The molecule has 2 aromatic heterocycles. The highest BCUT2D eigenvalue weighted by molar-refractivity contribution is 6.48. The maximum Gasteiger partial charge on any atom is 0.251 e. The molecular formula is C17H24N2O2Si. The third-order valence-electron chi connectivity index (χ3n) is 4.32. The van der Waals surface area contributed by atoms with Crippen molar-refractivity contribution in [3.63, 3.8) is 0 Å². The van der Waals surface area contributed by atoms with Gasteiger partial charge in [0.25, 0.3) is 5.56 Å². The predicted octanol–water partition coefficient (Wildman–Crippen LogP) is 2.91. The van der Waals surface area contributed by atoms with Crippen molar-refractivity contribution in [2.45, 2.75) is 52.4 Å². The fourth-order valence-corrected chi connectivity index (χ4v) is 4.67. The first-order chi connectivity index (χ1) is 10.3. The fraction of sp³-hybridized carbons (Fsp3) is 0.529. The second-order valence-corrected chi connectivity index (χ2v) is 9.86. The molecule has 4 nitrogen and oxygen atoms in total. The third-order valence-corrected chi connectivity index (χ3v) is 5.16. The van der Waals surface area contributed by atoms with Crippen LogP contribution >= 0.6 is 0 Å². The molecule has 1 aliphatic heterocycles. The Labute approximate surface area is 132 Å². The zero-order valence-electron chi connectivity index (χ0n) is 14.0. The topological polar surface area (TPSA) is 44.1 Å². The number of hydrogen-bond acceptors (Lipinski definition) is 3. The first-order valence-electron chi connectivity index (χ1n) is 7.93. The zero-order valence-corrected chi connectivity index (χ0v) is 15.1. The Morgan fingerprint density at radius 1 is 1.32 bits per heavy atom. The highest BCUT2D eigenvalue weighted by atomic mass is 28.3. The van der Waals surface area contributed by atoms with Gasteiger partial charge in [0.1, 0.15) is 0 Å². The first-order valence-corrected chi connectivity index (χ1v) is 10.7. The Hall–Kier alpha value is -1.46. The van der Waals surface area contributed by atoms with Crippen molar-refractivity contribution in [1.29, 1.82) is 0 Å². The van der Waals surface area contributed by atoms with Gasteiger partial charge in [0.15, 0.2) is 9.04 Å². The Bertz CT molecular complexity index is 761. The summed E-state index contributed by atoms with van der Waals surface area (Å²) in [7, 11) is -1.17. The molecule has 2 unspecified atom stereocenters. The molecule has 0 aliphatic carbocycles. The molecule has 5 heteroatoms. The summed E-state index contributed by atoms with van der Waals surface area (Å²) in [4.78, 5) is 16.6. The van der Waals surface area contributed by atoms with E-state index in [0.717, 1.165) is 11.0 Å². The van der Waals surface area contributed by atoms with Crippen LogP contribution < -0.4 is 5.56 Å². The Morgan fingerprint density at radius 2 is 2.05 bits per heavy atom. The van der Waals surface area contributed by atoms with Crippen molar-refractivity contribution in [2.75, 3.05) is 0 Å². The van der Waals surface area contributed by atoms with E-state index >= 15 is 0 Å². The van der Waals surface area contributed by atoms with Crippen LogP contribution in [0.25, 0.3) is 11.0 Å². The lowest BCUT2D eigenvalue weighted by molar-refractivity contribution is 0.0583. The SMILES string of the molecule is C[SiH](C)OC(C1Cn2c(=O)ccc3nccc1c32)C(C)(C)C. The molecule has 22 heavy (non-hydrogen) atoms. The summed E-state index contributed by atoms with van der Waals surface area (Å²) in [5.41, 5.74) is 3.18. The van der Waals surface area contributed by atoms with Gasteiger partial charge >= 0.3 is 0 Å². The van der Waals surface area contributed by atoms with Crippen LogP contribution in [0.2, 0.25) is 13.1 Å². The molecule has 0 saturated carbocycles. The number of rotatable bonds is 3. The number of nitrogens with zero attached hydrogens (tertiary/aromatic N) is 2. The summed E-state index contributed by atoms with van der Waals surface area (Å²) in [6, 6.07) is 5.50. The molecule has 3 rings (SSSR count). The van der Waals surface area contributed by atoms with E-state index in [4.69, 9.17) is 4.43 Å². The smallest absolute Gasteiger partial charge is 0.251 e. The van der Waals surface area contributed by atoms with E-state index < -0.39 is 9.04 Å². The van der Waals surface area contributed by atoms with Crippen molar-refractivity contribution in [3.05, 3.63) is 40.3 Å². The van der Waals surface area contributed by atoms with E-state index in [-0.39, 0.29) is 23.0 Å². The van der Waals surface area contributed by atoms with E-state index in [9.17, 15) is 4.79 Å². The van der Waals surface area contributed by atoms with Crippen LogP contribution in [0.1, 0.15) is 32.3 Å². The summed E-state index contributed by atoms with van der Waals surface area (Å²) < 4.78 is 8.27. The van der Waals surface area contributed by atoms with Crippen LogP contribution in [0.5, 0.6) is 0 Å². The van der Waals surface area contributed by atoms with E-state index in [1.807, 2.05) is 16.8 Å². The minimum absolute atomic E-state index is 0.0309. The number of aromatic nitrogens is 2. The molecule has 0 fully saturated rings. The summed E-state index contributed by atoms with van der Waals surface area (Å²) in [5.74, 6) is 0.218. The second-order valence-electron chi connectivity index (χ2n) is 7.49. The van der Waals surface area contributed by atoms with Crippen LogP contribution in [0.4, 0.5) is 0 Å². The Morgan fingerprint density at radius 3 is 2.68 bits per heavy atom. The monoisotopic (exact) mass is 316 g/mol. The predicted molar refractivity (Wildman–Crippen MR) is 91.9 cm³/mol. The van der Waals surface area contributed by atoms with E-state index in [2.05, 4.69) is 44.9 Å². The molecule has 0 radical (unpaired) electrons. The summed E-state index contributed by atoms with van der Waals surface area (Å²) in [6.07, 6.45) is 1.96. The lowest BCUT2D eigenvalue weighted by Crippen LogP contribution is -2.39. The van der Waals surface area contributed by atoms with Gasteiger partial charge in [-0.25, -0.2) is 0 Å². The van der Waals surface area contributed by atoms with Gasteiger partial charge < -0.3 is 8.99 Å². The van der Waals surface area contributed by atoms with Gasteiger partial charge in [0.05, 0.1) is 17.1 Å². The minimum atomic E-state index is -1.17. The van der Waals surface area contributed by atoms with Crippen LogP contribution in [0.3, 0.4) is 0 Å². The van der Waals surface area contributed by atoms with Crippen LogP contribution in [-0.4, -0.2) is 24.7 Å². The van der Waals surface area contributed by atoms with Gasteiger partial charge in [-0.15, -0.1) is 0 Å². The number of hydrogen-bond donors (Lipinski definition) is 0. The van der Waals surface area contributed by atoms with Crippen molar-refractivity contribution in [2.24, 2.45) is 5.41 Å². The van der Waals surface area contributed by atoms with E-state index in [1.165, 1.54) is 5.56 Å². The van der Waals surface area contributed by atoms with Crippen LogP contribution in [-0.2, 0) is 11.0 Å². The number of pyridine rings is 2. The minimum Gasteiger partial charge on any atom is -0.416 e. The normalized spacial score (nSPS) is 19.1. The van der Waals surface area contributed by atoms with Crippen LogP contribution in [0, 0.1) is 5.41 Å². The van der Waals surface area contributed by atoms with Crippen molar-refractivity contribution in [3.8, 4) is 0 Å². The summed E-state index contributed by atoms with van der Waals surface area (Å²) >= 11 is 0. The van der Waals surface area contributed by atoms with E-state index in [1.54, 1.807) is 6.07 Å². The molecule has 3 heterocycles. The molecular weight excluding hydrogens is 292 g/mol. The van der Waals surface area contributed by atoms with Gasteiger partial charge in [-0.05, 0) is 36.2 Å². The highest BCUT2D eigenvalue weighted by Crippen LogP contribution is 2.41. The molecule has 0 N–H and O–H groups in total. The average molecular weight is 316 g/mol. The highest BCUT2D eigenvalue weighted by Gasteiger charge is 2.39. The molecule has 0 spiro atoms. The molecule has 1 aliphatic rings. The molecule has 0 aromatic carbocycles. The molecule has 0 bridgehead atoms. The lowest BCUT2D eigenvalue weighted by atomic mass is 9.79. The van der Waals surface area contributed by atoms with Crippen molar-refractivity contribution < 1.29 is 4.43 Å². The van der Waals surface area contributed by atoms with Crippen molar-refractivity contribution in [1.82, 2.24) is 9.55 Å². The summed E-state index contributed by atoms with van der Waals surface area (Å²) in [5, 5.41) is 0. The van der Waals surface area contributed by atoms with Gasteiger partial charge in [-0.1, -0.05) is 20.8 Å². The third kappa shape index (κ3) is 2.52. The van der Waals surface area contributed by atoms with Gasteiger partial charge in [0, 0.05) is 24.7 Å². The fourth-order valence-electron chi connectivity index (χ4n) is 3.48.